The highest BCUT2D eigenvalue weighted by atomic mass is 16.4. The molecular weight excluding hydrogens is 242 g/mol. The number of aliphatic carboxylic acids is 1. The first kappa shape index (κ1) is 14.4. The molecule has 2 N–H and O–H groups in total. The Kier molecular flexibility index (Phi) is 4.16. The highest BCUT2D eigenvalue weighted by Gasteiger charge is 2.51. The van der Waals surface area contributed by atoms with Crippen LogP contribution in [-0.2, 0) is 9.59 Å². The van der Waals surface area contributed by atoms with Gasteiger partial charge in [0.25, 0.3) is 0 Å². The van der Waals surface area contributed by atoms with Crippen molar-refractivity contribution < 1.29 is 14.7 Å². The zero-order valence-electron chi connectivity index (χ0n) is 11.9. The average molecular weight is 267 g/mol. The molecule has 2 atom stereocenters. The van der Waals surface area contributed by atoms with Gasteiger partial charge in [-0.1, -0.05) is 33.1 Å². The van der Waals surface area contributed by atoms with Gasteiger partial charge in [-0.2, -0.15) is 0 Å². The van der Waals surface area contributed by atoms with E-state index in [0.717, 1.165) is 25.7 Å². The Bertz CT molecular complexity index is 360. The van der Waals surface area contributed by atoms with Crippen LogP contribution in [0.3, 0.4) is 0 Å². The molecule has 0 radical (unpaired) electrons. The number of carbonyl (C=O) groups is 2. The number of amides is 1. The van der Waals surface area contributed by atoms with Crippen molar-refractivity contribution >= 4 is 11.9 Å². The second kappa shape index (κ2) is 5.51. The van der Waals surface area contributed by atoms with Gasteiger partial charge in [-0.05, 0) is 37.5 Å². The third-order valence-electron chi connectivity index (χ3n) is 5.04. The molecule has 0 aliphatic heterocycles. The molecule has 0 heterocycles. The first-order valence-corrected chi connectivity index (χ1v) is 7.52. The van der Waals surface area contributed by atoms with E-state index >= 15 is 0 Å². The van der Waals surface area contributed by atoms with Crippen LogP contribution in [-0.4, -0.2) is 23.0 Å². The molecule has 2 rings (SSSR count). The third kappa shape index (κ3) is 2.63. The highest BCUT2D eigenvalue weighted by molar-refractivity contribution is 6.02. The summed E-state index contributed by atoms with van der Waals surface area (Å²) >= 11 is 0. The van der Waals surface area contributed by atoms with Gasteiger partial charge >= 0.3 is 5.97 Å². The Balaban J connectivity index is 2.02. The Hall–Kier alpha value is -1.06. The molecule has 19 heavy (non-hydrogen) atoms. The van der Waals surface area contributed by atoms with Gasteiger partial charge in [0.05, 0.1) is 0 Å². The second-order valence-electron chi connectivity index (χ2n) is 6.51. The second-order valence-corrected chi connectivity index (χ2v) is 6.51. The van der Waals surface area contributed by atoms with Gasteiger partial charge < -0.3 is 10.4 Å². The largest absolute Gasteiger partial charge is 0.480 e. The molecule has 0 aromatic carbocycles. The van der Waals surface area contributed by atoms with Crippen LogP contribution < -0.4 is 5.32 Å². The van der Waals surface area contributed by atoms with Crippen molar-refractivity contribution in [3.05, 3.63) is 0 Å². The first-order valence-electron chi connectivity index (χ1n) is 7.52. The van der Waals surface area contributed by atoms with Crippen LogP contribution >= 0.6 is 0 Å². The minimum atomic E-state index is -1.13. The molecule has 0 spiro atoms. The van der Waals surface area contributed by atoms with E-state index in [1.807, 2.05) is 0 Å². The number of carboxylic acids is 1. The van der Waals surface area contributed by atoms with Crippen LogP contribution in [0.1, 0.15) is 58.8 Å². The fraction of sp³-hybridized carbons (Fsp3) is 0.867. The molecule has 108 valence electrons. The van der Waals surface area contributed by atoms with Crippen molar-refractivity contribution in [1.82, 2.24) is 5.32 Å². The van der Waals surface area contributed by atoms with Crippen molar-refractivity contribution in [1.29, 1.82) is 0 Å². The third-order valence-corrected chi connectivity index (χ3v) is 5.04. The normalized spacial score (nSPS) is 29.6. The van der Waals surface area contributed by atoms with Gasteiger partial charge in [0.15, 0.2) is 0 Å². The number of carbonyl (C=O) groups excluding carboxylic acids is 1. The van der Waals surface area contributed by atoms with Crippen molar-refractivity contribution in [3.63, 3.8) is 0 Å². The summed E-state index contributed by atoms with van der Waals surface area (Å²) < 4.78 is 0. The smallest absolute Gasteiger partial charge is 0.319 e. The quantitative estimate of drug-likeness (QED) is 0.769. The minimum absolute atomic E-state index is 0.165. The predicted molar refractivity (Wildman–Crippen MR) is 72.6 cm³/mol. The minimum Gasteiger partial charge on any atom is -0.480 e. The number of hydrogen-bond acceptors (Lipinski definition) is 2. The maximum Gasteiger partial charge on any atom is 0.319 e. The number of carboxylic acid groups (broad SMARTS) is 1. The van der Waals surface area contributed by atoms with E-state index in [2.05, 4.69) is 19.2 Å². The monoisotopic (exact) mass is 267 g/mol. The summed E-state index contributed by atoms with van der Waals surface area (Å²) in [6.07, 6.45) is 6.32. The number of rotatable bonds is 4. The highest BCUT2D eigenvalue weighted by Crippen LogP contribution is 2.42. The van der Waals surface area contributed by atoms with Gasteiger partial charge in [0.1, 0.15) is 5.41 Å². The standard InChI is InChI=1S/C15H25NO3/c1-10(2)11-6-3-4-7-12(11)16-13(17)15(14(18)19)8-5-9-15/h10-12H,3-9H2,1-2H3,(H,16,17)(H,18,19). The molecule has 2 unspecified atom stereocenters. The van der Waals surface area contributed by atoms with Gasteiger partial charge in [-0.3, -0.25) is 9.59 Å². The molecule has 2 aliphatic carbocycles. The van der Waals surface area contributed by atoms with Gasteiger partial charge in [0, 0.05) is 6.04 Å². The van der Waals surface area contributed by atoms with E-state index in [9.17, 15) is 14.7 Å². The van der Waals surface area contributed by atoms with E-state index in [1.54, 1.807) is 0 Å². The lowest BCUT2D eigenvalue weighted by Crippen LogP contribution is -2.55. The molecule has 0 saturated heterocycles. The van der Waals surface area contributed by atoms with Crippen molar-refractivity contribution in [3.8, 4) is 0 Å². The van der Waals surface area contributed by atoms with Crippen molar-refractivity contribution in [2.45, 2.75) is 64.8 Å². The van der Waals surface area contributed by atoms with Crippen LogP contribution in [0.2, 0.25) is 0 Å². The van der Waals surface area contributed by atoms with E-state index < -0.39 is 11.4 Å². The zero-order valence-corrected chi connectivity index (χ0v) is 11.9. The fourth-order valence-electron chi connectivity index (χ4n) is 3.51. The lowest BCUT2D eigenvalue weighted by atomic mass is 9.67. The first-order chi connectivity index (χ1) is 8.97. The topological polar surface area (TPSA) is 66.4 Å². The summed E-state index contributed by atoms with van der Waals surface area (Å²) in [7, 11) is 0. The van der Waals surface area contributed by atoms with Crippen LogP contribution in [0.15, 0.2) is 0 Å². The molecule has 2 saturated carbocycles. The maximum absolute atomic E-state index is 12.3. The van der Waals surface area contributed by atoms with Crippen LogP contribution in [0.5, 0.6) is 0 Å². The molecule has 0 bridgehead atoms. The summed E-state index contributed by atoms with van der Waals surface area (Å²) in [5.41, 5.74) is -1.13. The van der Waals surface area contributed by atoms with E-state index in [-0.39, 0.29) is 11.9 Å². The van der Waals surface area contributed by atoms with Crippen molar-refractivity contribution in [2.75, 3.05) is 0 Å². The summed E-state index contributed by atoms with van der Waals surface area (Å²) in [6.45, 7) is 4.37. The molecule has 4 nitrogen and oxygen atoms in total. The molecule has 2 fully saturated rings. The Labute approximate surface area is 115 Å². The molecular formula is C15H25NO3. The lowest BCUT2D eigenvalue weighted by molar-refractivity contribution is -0.162. The summed E-state index contributed by atoms with van der Waals surface area (Å²) in [4.78, 5) is 23.7. The lowest BCUT2D eigenvalue weighted by Gasteiger charge is -2.40. The summed E-state index contributed by atoms with van der Waals surface area (Å²) in [5.74, 6) is -0.173. The van der Waals surface area contributed by atoms with Gasteiger partial charge in [0.2, 0.25) is 5.91 Å². The molecule has 2 aliphatic rings. The van der Waals surface area contributed by atoms with Crippen LogP contribution in [0.25, 0.3) is 0 Å². The summed E-state index contributed by atoms with van der Waals surface area (Å²) in [6, 6.07) is 0.165. The van der Waals surface area contributed by atoms with E-state index in [4.69, 9.17) is 0 Å². The molecule has 1 amide bonds. The zero-order chi connectivity index (χ0) is 14.0. The van der Waals surface area contributed by atoms with Gasteiger partial charge in [-0.15, -0.1) is 0 Å². The van der Waals surface area contributed by atoms with Crippen LogP contribution in [0.4, 0.5) is 0 Å². The van der Waals surface area contributed by atoms with E-state index in [0.29, 0.717) is 24.7 Å². The Morgan fingerprint density at radius 2 is 1.79 bits per heavy atom. The maximum atomic E-state index is 12.3. The Morgan fingerprint density at radius 3 is 2.26 bits per heavy atom. The molecule has 0 aromatic rings. The van der Waals surface area contributed by atoms with Gasteiger partial charge in [-0.25, -0.2) is 0 Å². The summed E-state index contributed by atoms with van der Waals surface area (Å²) in [5, 5.41) is 12.4. The fourth-order valence-corrected chi connectivity index (χ4v) is 3.51. The van der Waals surface area contributed by atoms with Crippen LogP contribution in [0, 0.1) is 17.3 Å². The Morgan fingerprint density at radius 1 is 1.16 bits per heavy atom. The molecule has 0 aromatic heterocycles. The SMILES string of the molecule is CC(C)C1CCCCC1NC(=O)C1(C(=O)O)CCC1. The average Bonchev–Trinajstić information content (AvgIpc) is 2.27. The van der Waals surface area contributed by atoms with Crippen molar-refractivity contribution in [2.24, 2.45) is 17.3 Å². The predicted octanol–water partition coefficient (Wildman–Crippen LogP) is 2.57. The van der Waals surface area contributed by atoms with E-state index in [1.165, 1.54) is 6.42 Å². The number of nitrogens with one attached hydrogen (secondary N) is 1. The number of hydrogen-bond donors (Lipinski definition) is 2. The molecule has 4 heteroatoms.